The Morgan fingerprint density at radius 1 is 0.818 bits per heavy atom. The van der Waals surface area contributed by atoms with Gasteiger partial charge in [0.1, 0.15) is 18.3 Å². The normalized spacial score (nSPS) is 17.2. The van der Waals surface area contributed by atoms with Crippen molar-refractivity contribution in [2.24, 2.45) is 16.7 Å². The van der Waals surface area contributed by atoms with E-state index in [1.165, 1.54) is 10.6 Å². The smallest absolute Gasteiger partial charge is 0.314 e. The molecular weight excluding hydrogens is 603 g/mol. The number of carbonyl (C=O) groups is 2. The molecular formula is C39H47FeO3P. The molecule has 0 heterocycles. The first-order valence-corrected chi connectivity index (χ1v) is 16.4. The number of esters is 1. The molecule has 2 atom stereocenters. The molecule has 234 valence electrons. The molecule has 10 radical (unpaired) electrons. The van der Waals surface area contributed by atoms with Crippen molar-refractivity contribution < 1.29 is 31.4 Å². The fourth-order valence-corrected chi connectivity index (χ4v) is 7.32. The van der Waals surface area contributed by atoms with E-state index in [0.717, 1.165) is 17.5 Å². The van der Waals surface area contributed by atoms with Crippen LogP contribution >= 0.6 is 7.92 Å². The van der Waals surface area contributed by atoms with Crippen molar-refractivity contribution >= 4 is 30.8 Å². The first-order valence-electron chi connectivity index (χ1n) is 15.1. The summed E-state index contributed by atoms with van der Waals surface area (Å²) in [4.78, 5) is 25.3. The second kappa shape index (κ2) is 18.4. The number of carbonyl (C=O) groups excluding carboxylic acids is 2. The number of hydrogen-bond acceptors (Lipinski definition) is 3. The van der Waals surface area contributed by atoms with Crippen molar-refractivity contribution in [2.45, 2.75) is 66.9 Å². The van der Waals surface area contributed by atoms with Gasteiger partial charge >= 0.3 is 5.97 Å². The molecule has 0 amide bonds. The SMILES string of the molecule is C=C(C[C@H](C[C@H](CC=O)C(C)(C)C)OC(=O)[C]1[CH][CH][CH][C]1P(c1ccccc1)c1ccccc1)C(C)(C)C.[CH]1[CH][CH][CH][CH]1.[Fe]. The summed E-state index contributed by atoms with van der Waals surface area (Å²) in [5.41, 5.74) is 1.84. The Morgan fingerprint density at radius 2 is 1.32 bits per heavy atom. The van der Waals surface area contributed by atoms with Crippen LogP contribution in [0, 0.1) is 79.7 Å². The van der Waals surface area contributed by atoms with E-state index in [4.69, 9.17) is 4.74 Å². The minimum absolute atomic E-state index is 0. The van der Waals surface area contributed by atoms with Crippen LogP contribution in [-0.4, -0.2) is 18.4 Å². The largest absolute Gasteiger partial charge is 0.462 e. The molecule has 2 aliphatic carbocycles. The van der Waals surface area contributed by atoms with Crippen LogP contribution in [0.5, 0.6) is 0 Å². The maximum atomic E-state index is 13.8. The molecule has 2 aromatic carbocycles. The summed E-state index contributed by atoms with van der Waals surface area (Å²) in [5, 5.41) is 2.37. The van der Waals surface area contributed by atoms with Crippen LogP contribution in [0.1, 0.15) is 60.8 Å². The monoisotopic (exact) mass is 650 g/mol. The van der Waals surface area contributed by atoms with E-state index in [1.54, 1.807) is 0 Å². The van der Waals surface area contributed by atoms with Gasteiger partial charge in [0.05, 0.1) is 0 Å². The van der Waals surface area contributed by atoms with E-state index in [1.807, 2.05) is 81.3 Å². The van der Waals surface area contributed by atoms with Gasteiger partial charge in [0.15, 0.2) is 0 Å². The van der Waals surface area contributed by atoms with Crippen LogP contribution in [0.3, 0.4) is 0 Å². The van der Waals surface area contributed by atoms with E-state index < -0.39 is 7.92 Å². The van der Waals surface area contributed by atoms with Gasteiger partial charge in [-0.25, -0.2) is 0 Å². The average molecular weight is 651 g/mol. The molecule has 0 spiro atoms. The van der Waals surface area contributed by atoms with Crippen LogP contribution in [-0.2, 0) is 31.4 Å². The van der Waals surface area contributed by atoms with Crippen molar-refractivity contribution in [3.8, 4) is 0 Å². The number of benzene rings is 2. The Balaban J connectivity index is 0.00000102. The van der Waals surface area contributed by atoms with Crippen molar-refractivity contribution in [3.63, 3.8) is 0 Å². The molecule has 3 nitrogen and oxygen atoms in total. The van der Waals surface area contributed by atoms with Crippen molar-refractivity contribution in [2.75, 3.05) is 0 Å². The Bertz CT molecular complexity index is 1080. The number of aldehydes is 1. The van der Waals surface area contributed by atoms with Gasteiger partial charge in [-0.15, -0.1) is 0 Å². The third-order valence-electron chi connectivity index (χ3n) is 7.80. The van der Waals surface area contributed by atoms with Crippen molar-refractivity contribution in [3.05, 3.63) is 136 Å². The molecule has 2 aromatic rings. The van der Waals surface area contributed by atoms with E-state index >= 15 is 0 Å². The molecule has 0 saturated heterocycles. The van der Waals surface area contributed by atoms with Gasteiger partial charge in [-0.2, -0.15) is 0 Å². The maximum absolute atomic E-state index is 13.8. The van der Waals surface area contributed by atoms with Crippen LogP contribution in [0.15, 0.2) is 72.8 Å². The summed E-state index contributed by atoms with van der Waals surface area (Å²) in [6.07, 6.45) is 18.1. The Labute approximate surface area is 280 Å². The molecule has 2 aliphatic rings. The first kappa shape index (κ1) is 38.5. The molecule has 2 saturated carbocycles. The Hall–Kier alpha value is -1.73. The molecule has 0 aliphatic heterocycles. The topological polar surface area (TPSA) is 43.4 Å². The van der Waals surface area contributed by atoms with Crippen LogP contribution in [0.25, 0.3) is 0 Å². The number of ether oxygens (including phenoxy) is 1. The van der Waals surface area contributed by atoms with E-state index in [0.29, 0.717) is 25.2 Å². The zero-order chi connectivity index (χ0) is 31.5. The van der Waals surface area contributed by atoms with Crippen molar-refractivity contribution in [1.82, 2.24) is 0 Å². The van der Waals surface area contributed by atoms with Gasteiger partial charge in [0, 0.05) is 35.6 Å². The second-order valence-electron chi connectivity index (χ2n) is 13.1. The quantitative estimate of drug-likeness (QED) is 0.0807. The molecule has 0 N–H and O–H groups in total. The summed E-state index contributed by atoms with van der Waals surface area (Å²) >= 11 is 0. The molecule has 5 heteroatoms. The summed E-state index contributed by atoms with van der Waals surface area (Å²) in [7, 11) is -0.928. The maximum Gasteiger partial charge on any atom is 0.314 e. The van der Waals surface area contributed by atoms with E-state index in [9.17, 15) is 9.59 Å². The average Bonchev–Trinajstić information content (AvgIpc) is 3.69. The predicted molar refractivity (Wildman–Crippen MR) is 181 cm³/mol. The summed E-state index contributed by atoms with van der Waals surface area (Å²) in [5.74, 6) is 0.392. The molecule has 0 aromatic heterocycles. The van der Waals surface area contributed by atoms with Crippen molar-refractivity contribution in [1.29, 1.82) is 0 Å². The van der Waals surface area contributed by atoms with E-state index in [-0.39, 0.29) is 45.9 Å². The third-order valence-corrected chi connectivity index (χ3v) is 10.3. The summed E-state index contributed by atoms with van der Waals surface area (Å²) < 4.78 is 6.29. The molecule has 2 fully saturated rings. The fraction of sp³-hybridized carbons (Fsp3) is 0.333. The fourth-order valence-electron chi connectivity index (χ4n) is 4.89. The molecule has 0 unspecified atom stereocenters. The Morgan fingerprint density at radius 3 is 1.75 bits per heavy atom. The minimum Gasteiger partial charge on any atom is -0.462 e. The van der Waals surface area contributed by atoms with Crippen LogP contribution < -0.4 is 10.6 Å². The molecule has 0 bridgehead atoms. The number of rotatable bonds is 11. The standard InChI is InChI=1S/C34H42O3P.C5H5.Fe/c1-25(33(2,3)4)23-27(24-26(21-22-35)34(5,6)7)37-32(36)30-19-14-20-31(30)38(28-15-10-8-11-16-28)29-17-12-9-13-18-29;1-2-4-5-3-1;/h8-20,22,26-27H,1,21,23-24H2,2-7H3;1-5H;/t26-,27+;;/m0../s1. The van der Waals surface area contributed by atoms with Gasteiger partial charge in [-0.05, 0) is 93.1 Å². The first-order chi connectivity index (χ1) is 20.4. The minimum atomic E-state index is -0.928. The van der Waals surface area contributed by atoms with Gasteiger partial charge in [-0.1, -0.05) is 114 Å². The zero-order valence-electron chi connectivity index (χ0n) is 27.0. The van der Waals surface area contributed by atoms with E-state index in [2.05, 4.69) is 78.8 Å². The van der Waals surface area contributed by atoms with Gasteiger partial charge < -0.3 is 9.53 Å². The Kier molecular flexibility index (Phi) is 16.1. The molecule has 44 heavy (non-hydrogen) atoms. The summed E-state index contributed by atoms with van der Waals surface area (Å²) in [6.45, 7) is 17.1. The molecule has 4 rings (SSSR count). The van der Waals surface area contributed by atoms with Gasteiger partial charge in [0.25, 0.3) is 0 Å². The summed E-state index contributed by atoms with van der Waals surface area (Å²) in [6, 6.07) is 20.7. The second-order valence-corrected chi connectivity index (χ2v) is 15.3. The zero-order valence-corrected chi connectivity index (χ0v) is 29.0. The van der Waals surface area contributed by atoms with Crippen LogP contribution in [0.4, 0.5) is 0 Å². The number of hydrogen-bond donors (Lipinski definition) is 0. The van der Waals surface area contributed by atoms with Crippen LogP contribution in [0.2, 0.25) is 0 Å². The van der Waals surface area contributed by atoms with Gasteiger partial charge in [-0.3, -0.25) is 4.79 Å². The van der Waals surface area contributed by atoms with Gasteiger partial charge in [0.2, 0.25) is 0 Å². The third kappa shape index (κ3) is 11.9. The predicted octanol–water partition coefficient (Wildman–Crippen LogP) is 8.42.